The van der Waals surface area contributed by atoms with Gasteiger partial charge in [-0.1, -0.05) is 0 Å². The molecule has 2 aromatic carbocycles. The van der Waals surface area contributed by atoms with Gasteiger partial charge in [0, 0.05) is 0 Å². The molecule has 0 aliphatic carbocycles. The molecule has 0 fully saturated rings. The maximum absolute atomic E-state index is 5.29. The molecule has 2 aromatic rings. The van der Waals surface area contributed by atoms with Gasteiger partial charge in [-0.15, -0.1) is 0 Å². The predicted molar refractivity (Wildman–Crippen MR) is 138 cm³/mol. The van der Waals surface area contributed by atoms with Crippen molar-refractivity contribution in [3.8, 4) is 11.5 Å². The summed E-state index contributed by atoms with van der Waals surface area (Å²) in [6, 6.07) is 17.4. The van der Waals surface area contributed by atoms with E-state index in [1.807, 2.05) is 0 Å². The summed E-state index contributed by atoms with van der Waals surface area (Å²) in [7, 11) is -0.818. The molecule has 0 amide bonds. The van der Waals surface area contributed by atoms with E-state index in [-0.39, 0.29) is 0 Å². The fourth-order valence-electron chi connectivity index (χ4n) is 1.87. The normalized spacial score (nSPS) is 13.5. The molecule has 0 atom stereocenters. The van der Waals surface area contributed by atoms with E-state index in [0.29, 0.717) is 0 Å². The van der Waals surface area contributed by atoms with Gasteiger partial charge in [0.1, 0.15) is 0 Å². The molecule has 0 N–H and O–H groups in total. The molecule has 0 aromatic heterocycles. The summed E-state index contributed by atoms with van der Waals surface area (Å²) in [6.07, 6.45) is 0. The predicted octanol–water partition coefficient (Wildman–Crippen LogP) is 4.98. The van der Waals surface area contributed by atoms with Crippen LogP contribution in [-0.2, 0) is 0 Å². The molecule has 0 radical (unpaired) electrons. The van der Waals surface area contributed by atoms with Crippen LogP contribution in [-0.4, -0.2) is 34.8 Å². The van der Waals surface area contributed by atoms with Crippen molar-refractivity contribution in [2.24, 2.45) is 0 Å². The first-order chi connectivity index (χ1) is 10.8. The molecule has 0 bridgehead atoms. The van der Waals surface area contributed by atoms with Crippen molar-refractivity contribution in [3.63, 3.8) is 0 Å². The molecule has 0 saturated heterocycles. The van der Waals surface area contributed by atoms with E-state index in [1.54, 1.807) is 14.2 Å². The minimum absolute atomic E-state index is 0.937. The number of benzene rings is 2. The molecule has 0 aliphatic rings. The van der Waals surface area contributed by atoms with Crippen molar-refractivity contribution in [2.45, 2.75) is 2.52 Å². The van der Waals surface area contributed by atoms with Crippen molar-refractivity contribution >= 4 is 103 Å². The second-order valence-corrected chi connectivity index (χ2v) is 82.0. The molecule has 0 saturated carbocycles. The molecule has 8 heteroatoms. The molecule has 0 aliphatic heterocycles. The van der Waals surface area contributed by atoms with E-state index in [1.165, 1.54) is 9.74 Å². The summed E-state index contributed by atoms with van der Waals surface area (Å²) in [5, 5.41) is 0. The van der Waals surface area contributed by atoms with Gasteiger partial charge in [0.15, 0.2) is 0 Å². The van der Waals surface area contributed by atoms with Gasteiger partial charge >= 0.3 is 189 Å². The Kier molecular flexibility index (Phi) is 9.16. The van der Waals surface area contributed by atoms with E-state index >= 15 is 0 Å². The number of halogens is 4. The van der Waals surface area contributed by atoms with Crippen LogP contribution in [0.15, 0.2) is 48.5 Å². The van der Waals surface area contributed by atoms with Gasteiger partial charge in [-0.3, -0.25) is 0 Å². The number of hydrogen-bond acceptors (Lipinski definition) is 2. The van der Waals surface area contributed by atoms with Crippen molar-refractivity contribution < 1.29 is 9.47 Å². The second-order valence-electron chi connectivity index (χ2n) is 4.62. The van der Waals surface area contributed by atoms with Crippen LogP contribution in [0.25, 0.3) is 0 Å². The Labute approximate surface area is 184 Å². The first-order valence-electron chi connectivity index (χ1n) is 6.47. The Bertz CT molecular complexity index is 588. The number of methoxy groups -OCH3 is 2. The zero-order valence-electron chi connectivity index (χ0n) is 12.5. The minimum atomic E-state index is -2.13. The molecule has 2 nitrogen and oxygen atoms in total. The van der Waals surface area contributed by atoms with Crippen LogP contribution in [0, 0.1) is 0 Å². The van der Waals surface area contributed by atoms with Crippen molar-refractivity contribution in [2.75, 3.05) is 14.2 Å². The Balaban J connectivity index is 2.21. The van der Waals surface area contributed by atoms with Gasteiger partial charge in [0.2, 0.25) is 0 Å². The molecule has 0 spiro atoms. The van der Waals surface area contributed by atoms with Gasteiger partial charge in [-0.2, -0.15) is 0 Å². The fourth-order valence-corrected chi connectivity index (χ4v) is 183. The van der Waals surface area contributed by atoms with Crippen LogP contribution >= 0.6 is 74.8 Å². The average Bonchev–Trinajstić information content (AvgIpc) is 2.54. The first kappa shape index (κ1) is 21.8. The van der Waals surface area contributed by atoms with E-state index in [2.05, 4.69) is 123 Å². The molecular formula is C15H16I4O2Te2. The molecule has 2 rings (SSSR count). The molecule has 0 unspecified atom stereocenters. The Hall–Kier alpha value is 2.54. The Morgan fingerprint density at radius 1 is 0.652 bits per heavy atom. The fraction of sp³-hybridized carbons (Fsp3) is 0.200. The third kappa shape index (κ3) is 6.28. The number of rotatable bonds is 6. The van der Waals surface area contributed by atoms with Crippen molar-refractivity contribution in [3.05, 3.63) is 48.5 Å². The van der Waals surface area contributed by atoms with E-state index in [4.69, 9.17) is 9.47 Å². The SMILES string of the molecule is COc1ccc([Te](I)(I)C[Te](I)(I)c2ccc(OC)cc2)cc1. The summed E-state index contributed by atoms with van der Waals surface area (Å²) < 4.78 is 15.0. The summed E-state index contributed by atoms with van der Waals surface area (Å²) in [4.78, 5) is 0. The summed E-state index contributed by atoms with van der Waals surface area (Å²) in [5.74, 6) is 1.87. The summed E-state index contributed by atoms with van der Waals surface area (Å²) >= 11 is 11.1. The topological polar surface area (TPSA) is 18.5 Å². The van der Waals surface area contributed by atoms with Crippen LogP contribution in [0.3, 0.4) is 0 Å². The molecule has 23 heavy (non-hydrogen) atoms. The zero-order valence-corrected chi connectivity index (χ0v) is 25.8. The monoisotopic (exact) mass is 996 g/mol. The van der Waals surface area contributed by atoms with Crippen LogP contribution in [0.2, 0.25) is 2.52 Å². The van der Waals surface area contributed by atoms with E-state index in [0.717, 1.165) is 11.5 Å². The van der Waals surface area contributed by atoms with Gasteiger partial charge in [-0.05, 0) is 0 Å². The maximum atomic E-state index is 5.29. The number of hydrogen-bond donors (Lipinski definition) is 0. The quantitative estimate of drug-likeness (QED) is 0.301. The van der Waals surface area contributed by atoms with Crippen molar-refractivity contribution in [1.29, 1.82) is 0 Å². The molecule has 0 heterocycles. The number of ether oxygens (including phenoxy) is 2. The van der Waals surface area contributed by atoms with E-state index < -0.39 is 20.6 Å². The average molecular weight is 991 g/mol. The molecule has 128 valence electrons. The zero-order chi connectivity index (χ0) is 17.1. The van der Waals surface area contributed by atoms with Crippen LogP contribution in [0.1, 0.15) is 0 Å². The van der Waals surface area contributed by atoms with Gasteiger partial charge in [0.05, 0.1) is 0 Å². The standard InChI is InChI=1S/C15H16I4O2Te2/c1-20-12-3-7-14(8-4-12)22(16,17)11-23(18,19)15-9-5-13(21-2)6-10-15/h3-10H,11H2,1-2H3. The van der Waals surface area contributed by atoms with Crippen LogP contribution < -0.4 is 16.7 Å². The summed E-state index contributed by atoms with van der Waals surface area (Å²) in [5.41, 5.74) is 0. The van der Waals surface area contributed by atoms with Gasteiger partial charge in [0.25, 0.3) is 0 Å². The van der Waals surface area contributed by atoms with Crippen LogP contribution in [0.4, 0.5) is 0 Å². The Morgan fingerprint density at radius 2 is 0.957 bits per heavy atom. The van der Waals surface area contributed by atoms with Gasteiger partial charge in [-0.25, -0.2) is 0 Å². The van der Waals surface area contributed by atoms with E-state index in [9.17, 15) is 0 Å². The third-order valence-electron chi connectivity index (χ3n) is 3.10. The summed E-state index contributed by atoms with van der Waals surface area (Å²) in [6.45, 7) is 0. The van der Waals surface area contributed by atoms with Crippen LogP contribution in [0.5, 0.6) is 11.5 Å². The van der Waals surface area contributed by atoms with Gasteiger partial charge < -0.3 is 0 Å². The third-order valence-corrected chi connectivity index (χ3v) is 81.0. The second kappa shape index (κ2) is 9.65. The molecular weight excluding hydrogens is 975 g/mol. The van der Waals surface area contributed by atoms with Crippen molar-refractivity contribution in [1.82, 2.24) is 0 Å². The first-order valence-corrected chi connectivity index (χ1v) is 39.3. The Morgan fingerprint density at radius 3 is 1.22 bits per heavy atom.